The lowest BCUT2D eigenvalue weighted by atomic mass is 9.89. The molecule has 6 heteroatoms. The Kier molecular flexibility index (Phi) is 8.95. The lowest BCUT2D eigenvalue weighted by Gasteiger charge is -2.21. The van der Waals surface area contributed by atoms with Gasteiger partial charge in [0.2, 0.25) is 5.91 Å². The van der Waals surface area contributed by atoms with Crippen molar-refractivity contribution in [3.63, 3.8) is 0 Å². The molecular weight excluding hydrogens is 340 g/mol. The van der Waals surface area contributed by atoms with Gasteiger partial charge >= 0.3 is 0 Å². The summed E-state index contributed by atoms with van der Waals surface area (Å²) >= 11 is 0. The second-order valence-corrected chi connectivity index (χ2v) is 7.25. The molecule has 1 amide bonds. The number of aryl methyl sites for hydroxylation is 1. The van der Waals surface area contributed by atoms with Crippen LogP contribution >= 0.6 is 0 Å². The summed E-state index contributed by atoms with van der Waals surface area (Å²) in [7, 11) is 1.74. The van der Waals surface area contributed by atoms with Crippen LogP contribution in [0.1, 0.15) is 44.6 Å². The second-order valence-electron chi connectivity index (χ2n) is 7.25. The third kappa shape index (κ3) is 7.89. The topological polar surface area (TPSA) is 74.8 Å². The van der Waals surface area contributed by atoms with Crippen LogP contribution in [0.4, 0.5) is 0 Å². The van der Waals surface area contributed by atoms with E-state index >= 15 is 0 Å². The molecule has 0 heterocycles. The van der Waals surface area contributed by atoms with E-state index in [0.29, 0.717) is 25.6 Å². The van der Waals surface area contributed by atoms with Crippen LogP contribution in [0.15, 0.2) is 29.3 Å². The number of benzene rings is 1. The second kappa shape index (κ2) is 11.5. The minimum Gasteiger partial charge on any atom is -0.489 e. The number of rotatable bonds is 8. The van der Waals surface area contributed by atoms with Crippen LogP contribution in [-0.4, -0.2) is 44.7 Å². The Morgan fingerprint density at radius 1 is 1.19 bits per heavy atom. The van der Waals surface area contributed by atoms with Gasteiger partial charge < -0.3 is 20.7 Å². The van der Waals surface area contributed by atoms with Gasteiger partial charge in [-0.3, -0.25) is 9.79 Å². The van der Waals surface area contributed by atoms with Gasteiger partial charge in [-0.05, 0) is 44.4 Å². The first kappa shape index (κ1) is 21.1. The van der Waals surface area contributed by atoms with E-state index in [2.05, 4.69) is 33.9 Å². The first-order valence-corrected chi connectivity index (χ1v) is 10.0. The van der Waals surface area contributed by atoms with E-state index in [1.165, 1.54) is 24.8 Å². The molecule has 1 atom stereocenters. The van der Waals surface area contributed by atoms with E-state index in [0.717, 1.165) is 18.6 Å². The van der Waals surface area contributed by atoms with Crippen molar-refractivity contribution >= 4 is 11.9 Å². The summed E-state index contributed by atoms with van der Waals surface area (Å²) in [5, 5.41) is 9.51. The number of carbonyl (C=O) groups is 1. The van der Waals surface area contributed by atoms with E-state index in [1.807, 2.05) is 25.1 Å². The van der Waals surface area contributed by atoms with Gasteiger partial charge in [0.25, 0.3) is 0 Å². The van der Waals surface area contributed by atoms with Crippen molar-refractivity contribution in [3.8, 4) is 5.75 Å². The molecule has 0 spiro atoms. The molecule has 1 unspecified atom stereocenters. The Morgan fingerprint density at radius 2 is 1.93 bits per heavy atom. The first-order valence-electron chi connectivity index (χ1n) is 10.0. The minimum absolute atomic E-state index is 0.0105. The molecule has 0 bridgehead atoms. The summed E-state index contributed by atoms with van der Waals surface area (Å²) in [5.74, 6) is 1.98. The molecule has 1 fully saturated rings. The van der Waals surface area contributed by atoms with E-state index in [-0.39, 0.29) is 17.9 Å². The summed E-state index contributed by atoms with van der Waals surface area (Å²) in [6.07, 6.45) is 5.68. The number of carbonyl (C=O) groups excluding carboxylic acids is 1. The lowest BCUT2D eigenvalue weighted by molar-refractivity contribution is -0.125. The Labute approximate surface area is 163 Å². The van der Waals surface area contributed by atoms with Gasteiger partial charge in [0.15, 0.2) is 5.96 Å². The van der Waals surface area contributed by atoms with Gasteiger partial charge in [0.05, 0.1) is 6.54 Å². The van der Waals surface area contributed by atoms with Crippen molar-refractivity contribution in [1.29, 1.82) is 0 Å². The van der Waals surface area contributed by atoms with Gasteiger partial charge in [0.1, 0.15) is 11.9 Å². The Hall–Kier alpha value is -2.24. The third-order valence-electron chi connectivity index (χ3n) is 4.80. The average Bonchev–Trinajstić information content (AvgIpc) is 2.68. The van der Waals surface area contributed by atoms with Gasteiger partial charge in [-0.2, -0.15) is 0 Å². The normalized spacial score (nSPS) is 16.5. The zero-order chi connectivity index (χ0) is 19.5. The molecule has 0 aromatic heterocycles. The van der Waals surface area contributed by atoms with Crippen LogP contribution in [0.2, 0.25) is 0 Å². The lowest BCUT2D eigenvalue weighted by Crippen LogP contribution is -2.45. The highest BCUT2D eigenvalue weighted by molar-refractivity contribution is 5.80. The van der Waals surface area contributed by atoms with Gasteiger partial charge in [-0.25, -0.2) is 0 Å². The number of hydrogen-bond acceptors (Lipinski definition) is 3. The molecule has 150 valence electrons. The number of aliphatic imine (C=N–C) groups is 1. The highest BCUT2D eigenvalue weighted by atomic mass is 16.5. The molecule has 6 nitrogen and oxygen atoms in total. The Morgan fingerprint density at radius 3 is 2.63 bits per heavy atom. The van der Waals surface area contributed by atoms with Crippen LogP contribution in [-0.2, 0) is 4.79 Å². The highest BCUT2D eigenvalue weighted by Gasteiger charge is 2.20. The fraction of sp³-hybridized carbons (Fsp3) is 0.619. The number of nitrogens with zero attached hydrogens (tertiary/aromatic N) is 1. The largest absolute Gasteiger partial charge is 0.489 e. The minimum atomic E-state index is 0.0105. The van der Waals surface area contributed by atoms with Crippen molar-refractivity contribution in [2.24, 2.45) is 10.9 Å². The van der Waals surface area contributed by atoms with E-state index in [1.54, 1.807) is 7.05 Å². The van der Waals surface area contributed by atoms with Crippen molar-refractivity contribution in [2.75, 3.05) is 26.7 Å². The van der Waals surface area contributed by atoms with Crippen LogP contribution in [0, 0.1) is 12.8 Å². The summed E-state index contributed by atoms with van der Waals surface area (Å²) in [4.78, 5) is 16.3. The summed E-state index contributed by atoms with van der Waals surface area (Å²) in [5.41, 5.74) is 1.18. The maximum Gasteiger partial charge on any atom is 0.223 e. The predicted octanol–water partition coefficient (Wildman–Crippen LogP) is 2.62. The van der Waals surface area contributed by atoms with Crippen LogP contribution in [0.25, 0.3) is 0 Å². The Bertz CT molecular complexity index is 612. The van der Waals surface area contributed by atoms with Crippen LogP contribution in [0.3, 0.4) is 0 Å². The molecule has 1 aliphatic rings. The van der Waals surface area contributed by atoms with Crippen LogP contribution < -0.4 is 20.7 Å². The highest BCUT2D eigenvalue weighted by Crippen LogP contribution is 2.23. The Balaban J connectivity index is 1.61. The number of amides is 1. The predicted molar refractivity (Wildman–Crippen MR) is 110 cm³/mol. The van der Waals surface area contributed by atoms with E-state index in [9.17, 15) is 4.79 Å². The number of hydrogen-bond donors (Lipinski definition) is 3. The fourth-order valence-electron chi connectivity index (χ4n) is 3.30. The number of nitrogens with one attached hydrogen (secondary N) is 3. The van der Waals surface area contributed by atoms with E-state index < -0.39 is 0 Å². The monoisotopic (exact) mass is 374 g/mol. The molecule has 27 heavy (non-hydrogen) atoms. The van der Waals surface area contributed by atoms with Crippen LogP contribution in [0.5, 0.6) is 5.75 Å². The average molecular weight is 375 g/mol. The molecule has 0 saturated heterocycles. The summed E-state index contributed by atoms with van der Waals surface area (Å²) in [6, 6.07) is 8.03. The molecule has 3 N–H and O–H groups in total. The summed E-state index contributed by atoms with van der Waals surface area (Å²) in [6.45, 7) is 5.96. The molecule has 0 radical (unpaired) electrons. The van der Waals surface area contributed by atoms with Crippen molar-refractivity contribution in [1.82, 2.24) is 16.0 Å². The van der Waals surface area contributed by atoms with Gasteiger partial charge in [-0.1, -0.05) is 31.4 Å². The molecule has 2 rings (SSSR count). The first-order chi connectivity index (χ1) is 13.1. The smallest absolute Gasteiger partial charge is 0.223 e. The zero-order valence-corrected chi connectivity index (χ0v) is 16.9. The molecular formula is C21H34N4O2. The number of guanidine groups is 1. The van der Waals surface area contributed by atoms with E-state index in [4.69, 9.17) is 4.74 Å². The summed E-state index contributed by atoms with van der Waals surface area (Å²) < 4.78 is 5.91. The number of ether oxygens (including phenoxy) is 1. The zero-order valence-electron chi connectivity index (χ0n) is 16.9. The molecule has 1 aromatic rings. The van der Waals surface area contributed by atoms with Gasteiger partial charge in [-0.15, -0.1) is 0 Å². The van der Waals surface area contributed by atoms with Crippen molar-refractivity contribution in [3.05, 3.63) is 29.8 Å². The van der Waals surface area contributed by atoms with Gasteiger partial charge in [0, 0.05) is 26.1 Å². The van der Waals surface area contributed by atoms with Crippen molar-refractivity contribution in [2.45, 2.75) is 52.1 Å². The fourth-order valence-corrected chi connectivity index (χ4v) is 3.30. The standard InChI is InChI=1S/C21H34N4O2/c1-16-8-7-11-19(14-16)27-17(2)15-25-21(22-3)24-13-12-23-20(26)18-9-5-4-6-10-18/h7-8,11,14,17-18H,4-6,9-10,12-13,15H2,1-3H3,(H,23,26)(H2,22,24,25). The SMILES string of the molecule is CN=C(NCCNC(=O)C1CCCCC1)NCC(C)Oc1cccc(C)c1. The molecule has 1 aromatic carbocycles. The molecule has 1 saturated carbocycles. The molecule has 1 aliphatic carbocycles. The third-order valence-corrected chi connectivity index (χ3v) is 4.80. The maximum absolute atomic E-state index is 12.1. The maximum atomic E-state index is 12.1. The molecule has 0 aliphatic heterocycles. The van der Waals surface area contributed by atoms with Crippen molar-refractivity contribution < 1.29 is 9.53 Å². The quantitative estimate of drug-likeness (QED) is 0.371.